The summed E-state index contributed by atoms with van der Waals surface area (Å²) in [7, 11) is 0. The lowest BCUT2D eigenvalue weighted by atomic mass is 10.6. The molecule has 0 amide bonds. The number of quaternary nitrogens is 1. The van der Waals surface area contributed by atoms with Gasteiger partial charge in [0.25, 0.3) is 0 Å². The Bertz CT molecular complexity index is 149. The molecule has 0 saturated carbocycles. The summed E-state index contributed by atoms with van der Waals surface area (Å²) in [4.78, 5) is 7.85. The number of hydrogen-bond donors (Lipinski definition) is 1. The van der Waals surface area contributed by atoms with Crippen molar-refractivity contribution in [3.63, 3.8) is 0 Å². The Morgan fingerprint density at radius 1 is 1.38 bits per heavy atom. The summed E-state index contributed by atoms with van der Waals surface area (Å²) < 4.78 is 0. The summed E-state index contributed by atoms with van der Waals surface area (Å²) in [5.74, 6) is 0.799. The number of nitrogens with zero attached hydrogens (tertiary/aromatic N) is 2. The maximum absolute atomic E-state index is 3.92. The number of hydrogen-bond acceptors (Lipinski definition) is 2. The highest BCUT2D eigenvalue weighted by atomic mass is 14.9. The fourth-order valence-corrected chi connectivity index (χ4v) is 0.459. The van der Waals surface area contributed by atoms with Crippen LogP contribution in [0.15, 0.2) is 18.5 Å². The lowest BCUT2D eigenvalue weighted by Crippen LogP contribution is -2.48. The average molecular weight is 110 g/mol. The third-order valence-corrected chi connectivity index (χ3v) is 0.843. The van der Waals surface area contributed by atoms with Gasteiger partial charge in [-0.1, -0.05) is 0 Å². The molecule has 0 unspecified atom stereocenters. The lowest BCUT2D eigenvalue weighted by molar-refractivity contribution is -0.388. The lowest BCUT2D eigenvalue weighted by Gasteiger charge is -1.85. The molecule has 0 aliphatic heterocycles. The summed E-state index contributed by atoms with van der Waals surface area (Å²) in [6.07, 6.45) is 3.43. The van der Waals surface area contributed by atoms with Crippen molar-refractivity contribution in [2.24, 2.45) is 0 Å². The van der Waals surface area contributed by atoms with Gasteiger partial charge < -0.3 is 5.73 Å². The third-order valence-electron chi connectivity index (χ3n) is 0.843. The van der Waals surface area contributed by atoms with Gasteiger partial charge in [0.05, 0.1) is 0 Å². The molecule has 0 saturated heterocycles. The molecular weight excluding hydrogens is 102 g/mol. The molecule has 0 atom stereocenters. The molecule has 3 N–H and O–H groups in total. The van der Waals surface area contributed by atoms with Crippen molar-refractivity contribution in [1.82, 2.24) is 9.97 Å². The Morgan fingerprint density at radius 2 is 2.00 bits per heavy atom. The summed E-state index contributed by atoms with van der Waals surface area (Å²) in [6, 6.07) is 1.79. The van der Waals surface area contributed by atoms with Crippen molar-refractivity contribution in [3.8, 4) is 0 Å². The van der Waals surface area contributed by atoms with E-state index in [9.17, 15) is 0 Å². The molecule has 0 aliphatic rings. The summed E-state index contributed by atoms with van der Waals surface area (Å²) >= 11 is 0. The topological polar surface area (TPSA) is 53.4 Å². The molecule has 0 bridgehead atoms. The molecule has 3 nitrogen and oxygen atoms in total. The van der Waals surface area contributed by atoms with E-state index in [2.05, 4.69) is 15.7 Å². The van der Waals surface area contributed by atoms with E-state index in [1.165, 1.54) is 0 Å². The molecule has 0 spiro atoms. The van der Waals surface area contributed by atoms with Crippen molar-refractivity contribution in [2.45, 2.75) is 6.54 Å². The molecule has 3 heteroatoms. The minimum atomic E-state index is 0.668. The fourth-order valence-electron chi connectivity index (χ4n) is 0.459. The van der Waals surface area contributed by atoms with Crippen molar-refractivity contribution in [2.75, 3.05) is 0 Å². The van der Waals surface area contributed by atoms with Crippen LogP contribution >= 0.6 is 0 Å². The van der Waals surface area contributed by atoms with E-state index < -0.39 is 0 Å². The zero-order chi connectivity index (χ0) is 5.82. The van der Waals surface area contributed by atoms with Gasteiger partial charge in [-0.3, -0.25) is 0 Å². The van der Waals surface area contributed by atoms with E-state index in [1.54, 1.807) is 18.5 Å². The van der Waals surface area contributed by atoms with Crippen molar-refractivity contribution >= 4 is 0 Å². The maximum Gasteiger partial charge on any atom is 0.183 e. The number of rotatable bonds is 1. The van der Waals surface area contributed by atoms with Gasteiger partial charge in [0.1, 0.15) is 6.54 Å². The van der Waals surface area contributed by atoms with Gasteiger partial charge in [-0.25, -0.2) is 9.97 Å². The largest absolute Gasteiger partial charge is 0.351 e. The molecule has 8 heavy (non-hydrogen) atoms. The smallest absolute Gasteiger partial charge is 0.183 e. The van der Waals surface area contributed by atoms with Gasteiger partial charge in [0.15, 0.2) is 5.82 Å². The minimum absolute atomic E-state index is 0.668. The first-order valence-electron chi connectivity index (χ1n) is 2.48. The Morgan fingerprint density at radius 3 is 2.38 bits per heavy atom. The Hall–Kier alpha value is -0.960. The highest BCUT2D eigenvalue weighted by Crippen LogP contribution is 1.80. The molecule has 0 aromatic carbocycles. The van der Waals surface area contributed by atoms with Gasteiger partial charge in [-0.15, -0.1) is 0 Å². The second kappa shape index (κ2) is 2.37. The average Bonchev–Trinajstić information content (AvgIpc) is 1.90. The van der Waals surface area contributed by atoms with Gasteiger partial charge in [0.2, 0.25) is 0 Å². The normalized spacial score (nSPS) is 9.12. The molecular formula is C5H8N3+. The molecule has 0 radical (unpaired) electrons. The fraction of sp³-hybridized carbons (Fsp3) is 0.200. The quantitative estimate of drug-likeness (QED) is 0.515. The Balaban J connectivity index is 2.83. The van der Waals surface area contributed by atoms with Crippen LogP contribution < -0.4 is 5.73 Å². The van der Waals surface area contributed by atoms with Crippen molar-refractivity contribution in [1.29, 1.82) is 0 Å². The van der Waals surface area contributed by atoms with Crippen LogP contribution in [0.2, 0.25) is 0 Å². The summed E-state index contributed by atoms with van der Waals surface area (Å²) in [6.45, 7) is 0.668. The summed E-state index contributed by atoms with van der Waals surface area (Å²) in [5.41, 5.74) is 3.63. The van der Waals surface area contributed by atoms with E-state index in [-0.39, 0.29) is 0 Å². The standard InChI is InChI=1S/C5H7N3/c6-4-5-7-2-1-3-8-5/h1-3H,4,6H2/p+1. The van der Waals surface area contributed by atoms with Crippen LogP contribution in [-0.4, -0.2) is 9.97 Å². The highest BCUT2D eigenvalue weighted by Gasteiger charge is 1.86. The van der Waals surface area contributed by atoms with Crippen LogP contribution in [0.25, 0.3) is 0 Å². The van der Waals surface area contributed by atoms with Crippen LogP contribution in [0.5, 0.6) is 0 Å². The van der Waals surface area contributed by atoms with Crippen molar-refractivity contribution in [3.05, 3.63) is 24.3 Å². The Kier molecular flexibility index (Phi) is 1.54. The van der Waals surface area contributed by atoms with Crippen LogP contribution in [0.4, 0.5) is 0 Å². The molecule has 0 aliphatic carbocycles. The first-order valence-corrected chi connectivity index (χ1v) is 2.48. The third kappa shape index (κ3) is 1.01. The van der Waals surface area contributed by atoms with Gasteiger partial charge in [-0.2, -0.15) is 0 Å². The zero-order valence-corrected chi connectivity index (χ0v) is 4.54. The SMILES string of the molecule is [NH3+]Cc1ncccn1. The molecule has 0 fully saturated rings. The van der Waals surface area contributed by atoms with Crippen LogP contribution in [0.3, 0.4) is 0 Å². The predicted molar refractivity (Wildman–Crippen MR) is 28.6 cm³/mol. The van der Waals surface area contributed by atoms with Crippen LogP contribution in [0.1, 0.15) is 5.82 Å². The highest BCUT2D eigenvalue weighted by molar-refractivity contribution is 4.85. The molecule has 1 aromatic heterocycles. The zero-order valence-electron chi connectivity index (χ0n) is 4.54. The Labute approximate surface area is 47.6 Å². The van der Waals surface area contributed by atoms with E-state index in [0.29, 0.717) is 6.54 Å². The maximum atomic E-state index is 3.92. The van der Waals surface area contributed by atoms with Gasteiger partial charge >= 0.3 is 0 Å². The molecule has 1 aromatic rings. The minimum Gasteiger partial charge on any atom is -0.351 e. The first-order chi connectivity index (χ1) is 3.93. The molecule has 42 valence electrons. The first kappa shape index (κ1) is 5.18. The molecule has 1 heterocycles. The van der Waals surface area contributed by atoms with Gasteiger partial charge in [0, 0.05) is 12.4 Å². The second-order valence-electron chi connectivity index (χ2n) is 1.42. The monoisotopic (exact) mass is 110 g/mol. The second-order valence-corrected chi connectivity index (χ2v) is 1.42. The van der Waals surface area contributed by atoms with E-state index in [1.807, 2.05) is 0 Å². The van der Waals surface area contributed by atoms with E-state index in [4.69, 9.17) is 0 Å². The van der Waals surface area contributed by atoms with Gasteiger partial charge in [-0.05, 0) is 6.07 Å². The summed E-state index contributed by atoms with van der Waals surface area (Å²) in [5, 5.41) is 0. The predicted octanol–water partition coefficient (Wildman–Crippen LogP) is -0.782. The van der Waals surface area contributed by atoms with E-state index >= 15 is 0 Å². The van der Waals surface area contributed by atoms with E-state index in [0.717, 1.165) is 5.82 Å². The molecule has 1 rings (SSSR count). The van der Waals surface area contributed by atoms with Crippen LogP contribution in [0, 0.1) is 0 Å². The van der Waals surface area contributed by atoms with Crippen LogP contribution in [-0.2, 0) is 6.54 Å². The number of aromatic nitrogens is 2. The van der Waals surface area contributed by atoms with Crippen molar-refractivity contribution < 1.29 is 5.73 Å².